The van der Waals surface area contributed by atoms with Crippen LogP contribution in [0.25, 0.3) is 0 Å². The lowest BCUT2D eigenvalue weighted by Gasteiger charge is -2.35. The number of piperazine rings is 1. The SMILES string of the molecule is CC(=O)N1CCN(c2ccc(OCC3CO[C@](Cn4ccnc4)(c4ccc(Cl)cc4C)O3)cc2)CC1. The van der Waals surface area contributed by atoms with E-state index >= 15 is 0 Å². The summed E-state index contributed by atoms with van der Waals surface area (Å²) in [6, 6.07) is 13.8. The third kappa shape index (κ3) is 5.36. The van der Waals surface area contributed by atoms with Crippen molar-refractivity contribution in [3.05, 3.63) is 77.3 Å². The molecule has 0 spiro atoms. The smallest absolute Gasteiger partial charge is 0.219 e. The van der Waals surface area contributed by atoms with Crippen molar-refractivity contribution in [2.75, 3.05) is 44.3 Å². The van der Waals surface area contributed by atoms with Gasteiger partial charge >= 0.3 is 0 Å². The molecule has 8 nitrogen and oxygen atoms in total. The fourth-order valence-corrected chi connectivity index (χ4v) is 5.08. The van der Waals surface area contributed by atoms with E-state index in [0.29, 0.717) is 24.8 Å². The van der Waals surface area contributed by atoms with Crippen LogP contribution in [0.2, 0.25) is 5.02 Å². The van der Waals surface area contributed by atoms with Crippen LogP contribution < -0.4 is 9.64 Å². The number of anilines is 1. The number of imidazole rings is 1. The summed E-state index contributed by atoms with van der Waals surface area (Å²) in [4.78, 5) is 19.9. The predicted molar refractivity (Wildman–Crippen MR) is 137 cm³/mol. The zero-order valence-electron chi connectivity index (χ0n) is 20.6. The van der Waals surface area contributed by atoms with E-state index in [2.05, 4.69) is 22.0 Å². The molecule has 0 bridgehead atoms. The minimum Gasteiger partial charge on any atom is -0.491 e. The molecule has 0 radical (unpaired) electrons. The third-order valence-electron chi connectivity index (χ3n) is 6.77. The highest BCUT2D eigenvalue weighted by Crippen LogP contribution is 2.38. The van der Waals surface area contributed by atoms with E-state index in [4.69, 9.17) is 25.8 Å². The van der Waals surface area contributed by atoms with E-state index < -0.39 is 5.79 Å². The topological polar surface area (TPSA) is 69.1 Å². The molecule has 1 aromatic heterocycles. The van der Waals surface area contributed by atoms with Crippen molar-refractivity contribution in [1.82, 2.24) is 14.5 Å². The van der Waals surface area contributed by atoms with E-state index in [1.54, 1.807) is 19.4 Å². The number of aromatic nitrogens is 2. The lowest BCUT2D eigenvalue weighted by atomic mass is 10.00. The van der Waals surface area contributed by atoms with Gasteiger partial charge in [-0.1, -0.05) is 17.7 Å². The number of hydrogen-bond acceptors (Lipinski definition) is 6. The largest absolute Gasteiger partial charge is 0.491 e. The van der Waals surface area contributed by atoms with Crippen LogP contribution in [0.1, 0.15) is 18.1 Å². The predicted octanol–water partition coefficient (Wildman–Crippen LogP) is 3.86. The number of amides is 1. The summed E-state index contributed by atoms with van der Waals surface area (Å²) >= 11 is 6.20. The van der Waals surface area contributed by atoms with Crippen LogP contribution in [-0.4, -0.2) is 65.9 Å². The average molecular weight is 511 g/mol. The van der Waals surface area contributed by atoms with Gasteiger partial charge in [0.05, 0.1) is 19.5 Å². The van der Waals surface area contributed by atoms with Gasteiger partial charge in [0.25, 0.3) is 0 Å². The number of halogens is 1. The van der Waals surface area contributed by atoms with Gasteiger partial charge < -0.3 is 28.6 Å². The van der Waals surface area contributed by atoms with Gasteiger partial charge in [-0.2, -0.15) is 0 Å². The van der Waals surface area contributed by atoms with E-state index in [-0.39, 0.29) is 12.0 Å². The lowest BCUT2D eigenvalue weighted by Crippen LogP contribution is -2.48. The van der Waals surface area contributed by atoms with E-state index in [1.807, 2.05) is 52.9 Å². The zero-order chi connectivity index (χ0) is 25.1. The summed E-state index contributed by atoms with van der Waals surface area (Å²) in [6.07, 6.45) is 5.16. The van der Waals surface area contributed by atoms with Gasteiger partial charge in [-0.3, -0.25) is 4.79 Å². The number of carbonyl (C=O) groups excluding carboxylic acids is 1. The quantitative estimate of drug-likeness (QED) is 0.481. The minimum absolute atomic E-state index is 0.136. The number of nitrogens with zero attached hydrogens (tertiary/aromatic N) is 4. The summed E-state index contributed by atoms with van der Waals surface area (Å²) in [6.45, 7) is 8.04. The Labute approximate surface area is 216 Å². The molecule has 0 aliphatic carbocycles. The first kappa shape index (κ1) is 24.6. The second-order valence-electron chi connectivity index (χ2n) is 9.30. The monoisotopic (exact) mass is 510 g/mol. The van der Waals surface area contributed by atoms with Gasteiger partial charge in [0.15, 0.2) is 0 Å². The molecule has 3 heterocycles. The second-order valence-corrected chi connectivity index (χ2v) is 9.73. The molecule has 0 saturated carbocycles. The van der Waals surface area contributed by atoms with Crippen molar-refractivity contribution in [1.29, 1.82) is 0 Å². The van der Waals surface area contributed by atoms with Crippen LogP contribution in [-0.2, 0) is 26.6 Å². The molecule has 2 aromatic carbocycles. The maximum absolute atomic E-state index is 11.6. The number of rotatable bonds is 7. The third-order valence-corrected chi connectivity index (χ3v) is 7.01. The van der Waals surface area contributed by atoms with Gasteiger partial charge in [0.2, 0.25) is 11.7 Å². The highest BCUT2D eigenvalue weighted by molar-refractivity contribution is 6.30. The maximum Gasteiger partial charge on any atom is 0.219 e. The highest BCUT2D eigenvalue weighted by Gasteiger charge is 2.45. The van der Waals surface area contributed by atoms with Gasteiger partial charge in [-0.15, -0.1) is 0 Å². The molecule has 2 aliphatic heterocycles. The van der Waals surface area contributed by atoms with Crippen molar-refractivity contribution >= 4 is 23.2 Å². The van der Waals surface area contributed by atoms with Gasteiger partial charge in [0, 0.05) is 61.8 Å². The molecule has 5 rings (SSSR count). The Hall–Kier alpha value is -3.07. The summed E-state index contributed by atoms with van der Waals surface area (Å²) < 4.78 is 20.9. The van der Waals surface area contributed by atoms with Crippen LogP contribution in [0.3, 0.4) is 0 Å². The zero-order valence-corrected chi connectivity index (χ0v) is 21.4. The van der Waals surface area contributed by atoms with Crippen LogP contribution in [0.5, 0.6) is 5.75 Å². The summed E-state index contributed by atoms with van der Waals surface area (Å²) in [5.41, 5.74) is 3.07. The van der Waals surface area contributed by atoms with Crippen molar-refractivity contribution in [3.63, 3.8) is 0 Å². The molecule has 2 atom stereocenters. The fraction of sp³-hybridized carbons (Fsp3) is 0.407. The molecule has 36 heavy (non-hydrogen) atoms. The van der Waals surface area contributed by atoms with Crippen molar-refractivity contribution < 1.29 is 19.0 Å². The molecular weight excluding hydrogens is 480 g/mol. The van der Waals surface area contributed by atoms with E-state index in [1.165, 1.54) is 0 Å². The number of ether oxygens (including phenoxy) is 3. The van der Waals surface area contributed by atoms with E-state index in [0.717, 1.165) is 48.7 Å². The van der Waals surface area contributed by atoms with Gasteiger partial charge in [0.1, 0.15) is 18.5 Å². The Morgan fingerprint density at radius 2 is 1.94 bits per heavy atom. The van der Waals surface area contributed by atoms with Gasteiger partial charge in [-0.25, -0.2) is 4.98 Å². The van der Waals surface area contributed by atoms with Gasteiger partial charge in [-0.05, 0) is 48.9 Å². The van der Waals surface area contributed by atoms with Crippen molar-refractivity contribution in [3.8, 4) is 5.75 Å². The van der Waals surface area contributed by atoms with Crippen molar-refractivity contribution in [2.24, 2.45) is 0 Å². The average Bonchev–Trinajstić information content (AvgIpc) is 3.54. The molecule has 3 aromatic rings. The first-order valence-electron chi connectivity index (χ1n) is 12.2. The Balaban J connectivity index is 1.22. The lowest BCUT2D eigenvalue weighted by molar-refractivity contribution is -0.189. The Morgan fingerprint density at radius 3 is 2.61 bits per heavy atom. The van der Waals surface area contributed by atoms with Crippen LogP contribution in [0.15, 0.2) is 61.2 Å². The Kier molecular flexibility index (Phi) is 7.18. The maximum atomic E-state index is 11.6. The number of carbonyl (C=O) groups is 1. The number of aryl methyl sites for hydroxylation is 1. The molecule has 1 unspecified atom stereocenters. The molecule has 9 heteroatoms. The van der Waals surface area contributed by atoms with Crippen LogP contribution in [0.4, 0.5) is 5.69 Å². The molecule has 2 fully saturated rings. The molecular formula is C27H31ClN4O4. The fourth-order valence-electron chi connectivity index (χ4n) is 4.85. The first-order chi connectivity index (χ1) is 17.4. The Morgan fingerprint density at radius 1 is 1.17 bits per heavy atom. The summed E-state index contributed by atoms with van der Waals surface area (Å²) in [5.74, 6) is -0.0359. The molecule has 2 aliphatic rings. The number of benzene rings is 2. The van der Waals surface area contributed by atoms with E-state index in [9.17, 15) is 4.79 Å². The summed E-state index contributed by atoms with van der Waals surface area (Å²) in [5, 5.41) is 0.677. The van der Waals surface area contributed by atoms with Crippen LogP contribution in [0, 0.1) is 6.92 Å². The summed E-state index contributed by atoms with van der Waals surface area (Å²) in [7, 11) is 0. The highest BCUT2D eigenvalue weighted by atomic mass is 35.5. The first-order valence-corrected chi connectivity index (χ1v) is 12.6. The molecule has 1 amide bonds. The standard InChI is InChI=1S/C27H31ClN4O4/c1-20-15-22(28)3-8-26(20)27(18-30-10-9-29-19-30)35-17-25(36-27)16-34-24-6-4-23(5-7-24)32-13-11-31(12-14-32)21(2)33/h3-10,15,19,25H,11-14,16-18H2,1-2H3/t25?,27-/m0/s1. The minimum atomic E-state index is -0.949. The normalized spacial score (nSPS) is 22.1. The molecule has 190 valence electrons. The van der Waals surface area contributed by atoms with Crippen LogP contribution >= 0.6 is 11.6 Å². The van der Waals surface area contributed by atoms with Crippen molar-refractivity contribution in [2.45, 2.75) is 32.3 Å². The Bertz CT molecular complexity index is 1180. The number of hydrogen-bond donors (Lipinski definition) is 0. The molecule has 0 N–H and O–H groups in total. The second kappa shape index (κ2) is 10.5. The molecule has 2 saturated heterocycles.